The van der Waals surface area contributed by atoms with Gasteiger partial charge in [0, 0.05) is 25.4 Å². The average molecular weight is 457 g/mol. The Labute approximate surface area is 189 Å². The molecule has 4 heterocycles. The molecule has 7 nitrogen and oxygen atoms in total. The summed E-state index contributed by atoms with van der Waals surface area (Å²) in [5.74, 6) is 0.363. The second-order valence-electron chi connectivity index (χ2n) is 8.11. The van der Waals surface area contributed by atoms with Crippen molar-refractivity contribution in [3.8, 4) is 0 Å². The molecule has 0 spiro atoms. The zero-order chi connectivity index (χ0) is 21.4. The number of nitrogens with zero attached hydrogens (tertiary/aromatic N) is 3. The molecule has 0 bridgehead atoms. The maximum absolute atomic E-state index is 13.3. The van der Waals surface area contributed by atoms with Crippen molar-refractivity contribution in [1.29, 1.82) is 0 Å². The van der Waals surface area contributed by atoms with Crippen LogP contribution in [0.15, 0.2) is 34.1 Å². The van der Waals surface area contributed by atoms with E-state index in [4.69, 9.17) is 17.0 Å². The number of anilines is 1. The minimum Gasteiger partial charge on any atom is -0.376 e. The van der Waals surface area contributed by atoms with Crippen LogP contribution in [0.25, 0.3) is 11.7 Å². The third kappa shape index (κ3) is 4.02. The standard InChI is InChI=1S/C22H24N4O3S2/c27-20-16(12-17-21(28)26(22(30)31-17)14-6-1-2-7-14)19(23-13-15-8-5-11-29-15)24-18-9-3-4-10-25(18)20/h3-4,9-10,12,14-15,23H,1-2,5-8,11,13H2. The lowest BCUT2D eigenvalue weighted by Gasteiger charge is -2.21. The molecule has 1 amide bonds. The van der Waals surface area contributed by atoms with E-state index < -0.39 is 0 Å². The second kappa shape index (κ2) is 8.72. The number of amides is 1. The number of thioether (sulfide) groups is 1. The number of nitrogens with one attached hydrogen (secondary N) is 1. The SMILES string of the molecule is O=C1C(=Cc2c(NCC3CCCO3)nc3ccccn3c2=O)SC(=S)N1C1CCCC1. The molecule has 1 unspecified atom stereocenters. The van der Waals surface area contributed by atoms with Crippen LogP contribution in [0.3, 0.4) is 0 Å². The Kier molecular flexibility index (Phi) is 5.81. The highest BCUT2D eigenvalue weighted by molar-refractivity contribution is 8.26. The van der Waals surface area contributed by atoms with E-state index >= 15 is 0 Å². The Hall–Kier alpha value is -2.23. The largest absolute Gasteiger partial charge is 0.376 e. The van der Waals surface area contributed by atoms with Gasteiger partial charge >= 0.3 is 0 Å². The van der Waals surface area contributed by atoms with Gasteiger partial charge in [0.15, 0.2) is 0 Å². The van der Waals surface area contributed by atoms with E-state index in [1.165, 1.54) is 16.2 Å². The van der Waals surface area contributed by atoms with E-state index in [1.54, 1.807) is 29.3 Å². The summed E-state index contributed by atoms with van der Waals surface area (Å²) in [5, 5.41) is 3.29. The Morgan fingerprint density at radius 1 is 1.23 bits per heavy atom. The minimum atomic E-state index is -0.216. The quantitative estimate of drug-likeness (QED) is 0.546. The molecule has 1 saturated carbocycles. The van der Waals surface area contributed by atoms with Crippen LogP contribution in [-0.4, -0.2) is 49.8 Å². The lowest BCUT2D eigenvalue weighted by atomic mass is 10.2. The molecule has 9 heteroatoms. The number of ether oxygens (including phenoxy) is 1. The van der Waals surface area contributed by atoms with Gasteiger partial charge in [0.05, 0.1) is 16.6 Å². The molecule has 31 heavy (non-hydrogen) atoms. The highest BCUT2D eigenvalue weighted by atomic mass is 32.2. The Morgan fingerprint density at radius 2 is 2.06 bits per heavy atom. The van der Waals surface area contributed by atoms with Gasteiger partial charge in [0.25, 0.3) is 11.5 Å². The van der Waals surface area contributed by atoms with Gasteiger partial charge in [-0.05, 0) is 43.9 Å². The summed E-state index contributed by atoms with van der Waals surface area (Å²) >= 11 is 6.78. The van der Waals surface area contributed by atoms with Crippen molar-refractivity contribution in [1.82, 2.24) is 14.3 Å². The monoisotopic (exact) mass is 456 g/mol. The summed E-state index contributed by atoms with van der Waals surface area (Å²) in [4.78, 5) is 33.3. The van der Waals surface area contributed by atoms with Crippen LogP contribution < -0.4 is 10.9 Å². The average Bonchev–Trinajstić information content (AvgIpc) is 3.52. The fourth-order valence-electron chi connectivity index (χ4n) is 4.47. The zero-order valence-electron chi connectivity index (χ0n) is 17.1. The van der Waals surface area contributed by atoms with E-state index in [-0.39, 0.29) is 23.6 Å². The van der Waals surface area contributed by atoms with Gasteiger partial charge < -0.3 is 10.1 Å². The maximum Gasteiger partial charge on any atom is 0.267 e. The molecular formula is C22H24N4O3S2. The predicted molar refractivity (Wildman–Crippen MR) is 126 cm³/mol. The number of thiocarbonyl (C=S) groups is 1. The normalized spacial score (nSPS) is 23.5. The van der Waals surface area contributed by atoms with E-state index in [2.05, 4.69) is 10.3 Å². The molecule has 2 aromatic rings. The smallest absolute Gasteiger partial charge is 0.267 e. The first-order chi connectivity index (χ1) is 15.1. The van der Waals surface area contributed by atoms with Crippen LogP contribution >= 0.6 is 24.0 Å². The number of aromatic nitrogens is 2. The number of hydrogen-bond acceptors (Lipinski definition) is 7. The van der Waals surface area contributed by atoms with E-state index in [0.717, 1.165) is 45.1 Å². The van der Waals surface area contributed by atoms with Crippen LogP contribution in [0.2, 0.25) is 0 Å². The lowest BCUT2D eigenvalue weighted by molar-refractivity contribution is -0.123. The Bertz CT molecular complexity index is 1120. The molecule has 0 radical (unpaired) electrons. The number of carbonyl (C=O) groups is 1. The first-order valence-electron chi connectivity index (χ1n) is 10.8. The first-order valence-corrected chi connectivity index (χ1v) is 12.0. The van der Waals surface area contributed by atoms with Crippen molar-refractivity contribution in [3.63, 3.8) is 0 Å². The number of carbonyl (C=O) groups excluding carboxylic acids is 1. The van der Waals surface area contributed by atoms with Crippen LogP contribution in [0.5, 0.6) is 0 Å². The summed E-state index contributed by atoms with van der Waals surface area (Å²) in [6.07, 6.45) is 9.66. The molecule has 162 valence electrons. The Morgan fingerprint density at radius 3 is 2.84 bits per heavy atom. The lowest BCUT2D eigenvalue weighted by Crippen LogP contribution is -2.36. The Balaban J connectivity index is 1.52. The van der Waals surface area contributed by atoms with Gasteiger partial charge in [-0.2, -0.15) is 0 Å². The van der Waals surface area contributed by atoms with Gasteiger partial charge in [-0.15, -0.1) is 0 Å². The summed E-state index contributed by atoms with van der Waals surface area (Å²) in [6.45, 7) is 1.33. The molecule has 2 aliphatic heterocycles. The molecule has 1 atom stereocenters. The molecule has 1 aliphatic carbocycles. The molecule has 2 aromatic heterocycles. The fourth-order valence-corrected chi connectivity index (χ4v) is 5.85. The van der Waals surface area contributed by atoms with Crippen molar-refractivity contribution < 1.29 is 9.53 Å². The summed E-state index contributed by atoms with van der Waals surface area (Å²) in [7, 11) is 0. The predicted octanol–water partition coefficient (Wildman–Crippen LogP) is 3.43. The fraction of sp³-hybridized carbons (Fsp3) is 0.455. The number of fused-ring (bicyclic) bond motifs is 1. The molecule has 0 aromatic carbocycles. The van der Waals surface area contributed by atoms with Gasteiger partial charge in [-0.3, -0.25) is 18.9 Å². The number of hydrogen-bond donors (Lipinski definition) is 1. The third-order valence-corrected chi connectivity index (χ3v) is 7.41. The van der Waals surface area contributed by atoms with Crippen LogP contribution in [0.4, 0.5) is 5.82 Å². The van der Waals surface area contributed by atoms with Crippen molar-refractivity contribution in [2.75, 3.05) is 18.5 Å². The van der Waals surface area contributed by atoms with Crippen LogP contribution in [0.1, 0.15) is 44.1 Å². The molecule has 1 N–H and O–H groups in total. The zero-order valence-corrected chi connectivity index (χ0v) is 18.7. The highest BCUT2D eigenvalue weighted by Gasteiger charge is 2.38. The molecular weight excluding hydrogens is 432 g/mol. The topological polar surface area (TPSA) is 75.9 Å². The number of pyridine rings is 1. The van der Waals surface area contributed by atoms with Gasteiger partial charge in [0.1, 0.15) is 15.8 Å². The van der Waals surface area contributed by atoms with Crippen molar-refractivity contribution in [2.45, 2.75) is 50.7 Å². The van der Waals surface area contributed by atoms with Crippen LogP contribution in [-0.2, 0) is 9.53 Å². The van der Waals surface area contributed by atoms with Gasteiger partial charge in [0.2, 0.25) is 0 Å². The van der Waals surface area contributed by atoms with Gasteiger partial charge in [-0.1, -0.05) is 42.9 Å². The third-order valence-electron chi connectivity index (χ3n) is 6.08. The molecule has 3 aliphatic rings. The van der Waals surface area contributed by atoms with Crippen molar-refractivity contribution >= 4 is 51.7 Å². The van der Waals surface area contributed by atoms with E-state index in [9.17, 15) is 9.59 Å². The van der Waals surface area contributed by atoms with Gasteiger partial charge in [-0.25, -0.2) is 4.98 Å². The van der Waals surface area contributed by atoms with Crippen molar-refractivity contribution in [2.24, 2.45) is 0 Å². The summed E-state index contributed by atoms with van der Waals surface area (Å²) in [6, 6.07) is 5.60. The first kappa shape index (κ1) is 20.7. The van der Waals surface area contributed by atoms with Crippen LogP contribution in [0, 0.1) is 0 Å². The van der Waals surface area contributed by atoms with Crippen molar-refractivity contribution in [3.05, 3.63) is 45.2 Å². The maximum atomic E-state index is 13.3. The minimum absolute atomic E-state index is 0.101. The second-order valence-corrected chi connectivity index (χ2v) is 9.79. The summed E-state index contributed by atoms with van der Waals surface area (Å²) < 4.78 is 7.77. The highest BCUT2D eigenvalue weighted by Crippen LogP contribution is 2.38. The molecule has 2 saturated heterocycles. The van der Waals surface area contributed by atoms with E-state index in [1.807, 2.05) is 6.07 Å². The van der Waals surface area contributed by atoms with E-state index in [0.29, 0.717) is 32.8 Å². The number of rotatable bonds is 5. The molecule has 3 fully saturated rings. The summed E-state index contributed by atoms with van der Waals surface area (Å²) in [5.41, 5.74) is 0.707. The molecule has 5 rings (SSSR count).